The normalized spacial score (nSPS) is 11.3. The predicted octanol–water partition coefficient (Wildman–Crippen LogP) is 17.7. The number of fused-ring (bicyclic) bond motifs is 4. The number of para-hydroxylation sites is 2. The second-order valence-corrected chi connectivity index (χ2v) is 16.9. The van der Waals surface area contributed by atoms with E-state index in [4.69, 9.17) is 0 Å². The van der Waals surface area contributed by atoms with Crippen molar-refractivity contribution >= 4 is 49.6 Å². The van der Waals surface area contributed by atoms with Gasteiger partial charge in [-0.2, -0.15) is 0 Å². The van der Waals surface area contributed by atoms with Crippen molar-refractivity contribution in [3.63, 3.8) is 0 Å². The number of nitrogens with zero attached hydrogens (tertiary/aromatic N) is 2. The van der Waals surface area contributed by atoms with Crippen LogP contribution in [-0.4, -0.2) is 4.57 Å². The fourth-order valence-electron chi connectivity index (χ4n) is 9.89. The third kappa shape index (κ3) is 7.02. The molecule has 310 valence electrons. The molecule has 0 aliphatic carbocycles. The molecule has 0 N–H and O–H groups in total. The van der Waals surface area contributed by atoms with Gasteiger partial charge in [-0.1, -0.05) is 200 Å². The van der Waals surface area contributed by atoms with Gasteiger partial charge in [-0.05, 0) is 133 Å². The molecule has 2 nitrogen and oxygen atoms in total. The Morgan fingerprint density at radius 2 is 0.742 bits per heavy atom. The van der Waals surface area contributed by atoms with E-state index >= 15 is 0 Å². The summed E-state index contributed by atoms with van der Waals surface area (Å²) in [6.45, 7) is 0. The van der Waals surface area contributed by atoms with Crippen LogP contribution in [0.15, 0.2) is 267 Å². The summed E-state index contributed by atoms with van der Waals surface area (Å²) >= 11 is 0. The molecule has 12 rings (SSSR count). The Hall–Kier alpha value is -8.72. The first-order valence-corrected chi connectivity index (χ1v) is 22.7. The molecular formula is C64H44N2. The second-order valence-electron chi connectivity index (χ2n) is 16.9. The quantitative estimate of drug-likeness (QED) is 0.141. The lowest BCUT2D eigenvalue weighted by Gasteiger charge is -2.27. The van der Waals surface area contributed by atoms with Crippen LogP contribution in [0.4, 0.5) is 17.1 Å². The van der Waals surface area contributed by atoms with E-state index in [1.165, 1.54) is 82.6 Å². The monoisotopic (exact) mass is 840 g/mol. The number of hydrogen-bond donors (Lipinski definition) is 0. The number of rotatable bonds is 9. The third-order valence-corrected chi connectivity index (χ3v) is 13.0. The molecule has 0 radical (unpaired) electrons. The summed E-state index contributed by atoms with van der Waals surface area (Å²) in [5.41, 5.74) is 18.6. The van der Waals surface area contributed by atoms with Gasteiger partial charge >= 0.3 is 0 Å². The molecule has 66 heavy (non-hydrogen) atoms. The topological polar surface area (TPSA) is 8.17 Å². The van der Waals surface area contributed by atoms with Gasteiger partial charge in [0.2, 0.25) is 0 Å². The Kier molecular flexibility index (Phi) is 9.89. The Labute approximate surface area is 385 Å². The molecule has 1 aromatic heterocycles. The predicted molar refractivity (Wildman–Crippen MR) is 280 cm³/mol. The number of anilines is 3. The zero-order chi connectivity index (χ0) is 43.8. The van der Waals surface area contributed by atoms with Gasteiger partial charge in [-0.25, -0.2) is 0 Å². The maximum atomic E-state index is 2.39. The van der Waals surface area contributed by atoms with Crippen molar-refractivity contribution in [2.45, 2.75) is 0 Å². The number of benzene rings is 11. The molecule has 0 fully saturated rings. The van der Waals surface area contributed by atoms with Crippen LogP contribution in [0, 0.1) is 0 Å². The van der Waals surface area contributed by atoms with Crippen LogP contribution in [0.2, 0.25) is 0 Å². The molecule has 0 saturated heterocycles. The van der Waals surface area contributed by atoms with Gasteiger partial charge in [0.25, 0.3) is 0 Å². The maximum absolute atomic E-state index is 2.39. The van der Waals surface area contributed by atoms with E-state index in [1.54, 1.807) is 0 Å². The zero-order valence-electron chi connectivity index (χ0n) is 36.3. The van der Waals surface area contributed by atoms with Crippen LogP contribution in [0.3, 0.4) is 0 Å². The summed E-state index contributed by atoms with van der Waals surface area (Å²) in [7, 11) is 0. The highest BCUT2D eigenvalue weighted by Gasteiger charge is 2.20. The minimum atomic E-state index is 1.07. The maximum Gasteiger partial charge on any atom is 0.0541 e. The first-order chi connectivity index (χ1) is 32.7. The summed E-state index contributed by atoms with van der Waals surface area (Å²) < 4.78 is 2.38. The SMILES string of the molecule is c1ccc(-c2ccccc2-c2c(-c3ccccc3)cccc2-c2cccc(N(c3ccc(-c4ccc5ccccc5c4)cc3)c3ccc(-n4c5ccccc5c5ccccc54)cc3)c2)cc1. The van der Waals surface area contributed by atoms with Crippen LogP contribution in [0.5, 0.6) is 0 Å². The Morgan fingerprint density at radius 3 is 1.42 bits per heavy atom. The summed E-state index contributed by atoms with van der Waals surface area (Å²) in [4.78, 5) is 2.39. The van der Waals surface area contributed by atoms with Crippen LogP contribution < -0.4 is 4.90 Å². The molecule has 0 unspecified atom stereocenters. The summed E-state index contributed by atoms with van der Waals surface area (Å²) in [6, 6.07) is 96.9. The van der Waals surface area contributed by atoms with Crippen molar-refractivity contribution in [1.29, 1.82) is 0 Å². The van der Waals surface area contributed by atoms with Gasteiger partial charge in [-0.3, -0.25) is 0 Å². The van der Waals surface area contributed by atoms with Crippen molar-refractivity contribution in [2.75, 3.05) is 4.90 Å². The molecule has 12 aromatic rings. The Bertz CT molecular complexity index is 3630. The Balaban J connectivity index is 1.02. The van der Waals surface area contributed by atoms with E-state index in [2.05, 4.69) is 276 Å². The van der Waals surface area contributed by atoms with Crippen molar-refractivity contribution < 1.29 is 0 Å². The summed E-state index contributed by atoms with van der Waals surface area (Å²) in [5, 5.41) is 4.99. The van der Waals surface area contributed by atoms with Crippen LogP contribution in [0.25, 0.3) is 93.9 Å². The van der Waals surface area contributed by atoms with Crippen molar-refractivity contribution in [2.24, 2.45) is 0 Å². The zero-order valence-corrected chi connectivity index (χ0v) is 36.3. The Morgan fingerprint density at radius 1 is 0.258 bits per heavy atom. The number of aromatic nitrogens is 1. The molecule has 0 saturated carbocycles. The fourth-order valence-corrected chi connectivity index (χ4v) is 9.89. The smallest absolute Gasteiger partial charge is 0.0541 e. The number of hydrogen-bond acceptors (Lipinski definition) is 1. The van der Waals surface area contributed by atoms with E-state index in [0.717, 1.165) is 28.3 Å². The van der Waals surface area contributed by atoms with Crippen molar-refractivity contribution in [3.8, 4) is 61.3 Å². The minimum Gasteiger partial charge on any atom is -0.310 e. The second kappa shape index (κ2) is 16.8. The molecule has 0 atom stereocenters. The highest BCUT2D eigenvalue weighted by Crippen LogP contribution is 2.46. The molecule has 2 heteroatoms. The van der Waals surface area contributed by atoms with Crippen LogP contribution in [0.1, 0.15) is 0 Å². The summed E-state index contributed by atoms with van der Waals surface area (Å²) in [5.74, 6) is 0. The first kappa shape index (κ1) is 38.9. The van der Waals surface area contributed by atoms with Crippen molar-refractivity contribution in [3.05, 3.63) is 267 Å². The van der Waals surface area contributed by atoms with E-state index in [-0.39, 0.29) is 0 Å². The van der Waals surface area contributed by atoms with Gasteiger partial charge in [0.15, 0.2) is 0 Å². The minimum absolute atomic E-state index is 1.07. The molecular weight excluding hydrogens is 797 g/mol. The van der Waals surface area contributed by atoms with Crippen LogP contribution >= 0.6 is 0 Å². The van der Waals surface area contributed by atoms with E-state index in [0.29, 0.717) is 0 Å². The molecule has 0 aliphatic rings. The standard InChI is InChI=1S/C64H44N2/c1-3-18-47(19-4-1)56-25-9-10-28-61(56)64-57(48-20-5-2-6-21-48)29-16-30-58(64)51-23-15-24-55(44-51)65(52-37-35-46(36-38-52)50-34-33-45-17-7-8-22-49(45)43-50)53-39-41-54(42-40-53)66-62-31-13-11-26-59(62)60-27-12-14-32-63(60)66/h1-44H. The van der Waals surface area contributed by atoms with Gasteiger partial charge in [0.05, 0.1) is 11.0 Å². The molecule has 0 aliphatic heterocycles. The highest BCUT2D eigenvalue weighted by atomic mass is 15.1. The van der Waals surface area contributed by atoms with Gasteiger partial charge in [0.1, 0.15) is 0 Å². The van der Waals surface area contributed by atoms with Crippen LogP contribution in [-0.2, 0) is 0 Å². The van der Waals surface area contributed by atoms with Gasteiger partial charge in [0, 0.05) is 33.5 Å². The van der Waals surface area contributed by atoms with E-state index < -0.39 is 0 Å². The molecule has 0 bridgehead atoms. The lowest BCUT2D eigenvalue weighted by molar-refractivity contribution is 1.17. The largest absolute Gasteiger partial charge is 0.310 e. The summed E-state index contributed by atoms with van der Waals surface area (Å²) in [6.07, 6.45) is 0. The van der Waals surface area contributed by atoms with E-state index in [9.17, 15) is 0 Å². The average Bonchev–Trinajstić information content (AvgIpc) is 3.74. The lowest BCUT2D eigenvalue weighted by Crippen LogP contribution is -2.10. The highest BCUT2D eigenvalue weighted by molar-refractivity contribution is 6.09. The van der Waals surface area contributed by atoms with Gasteiger partial charge in [-0.15, -0.1) is 0 Å². The first-order valence-electron chi connectivity index (χ1n) is 22.7. The van der Waals surface area contributed by atoms with Gasteiger partial charge < -0.3 is 9.47 Å². The van der Waals surface area contributed by atoms with E-state index in [1.807, 2.05) is 0 Å². The third-order valence-electron chi connectivity index (χ3n) is 13.0. The van der Waals surface area contributed by atoms with Crippen molar-refractivity contribution in [1.82, 2.24) is 4.57 Å². The molecule has 0 amide bonds. The fraction of sp³-hybridized carbons (Fsp3) is 0. The lowest BCUT2D eigenvalue weighted by atomic mass is 9.84. The molecule has 0 spiro atoms. The molecule has 11 aromatic carbocycles. The molecule has 1 heterocycles. The average molecular weight is 841 g/mol.